The minimum Gasteiger partial charge on any atom is -0.469 e. The molecule has 1 amide bonds. The molecule has 178 valence electrons. The number of benzene rings is 1. The smallest absolute Gasteiger partial charge is 0.469 e. The van der Waals surface area contributed by atoms with Crippen molar-refractivity contribution in [3.8, 4) is 5.75 Å². The summed E-state index contributed by atoms with van der Waals surface area (Å²) in [6.45, 7) is 4.91. The van der Waals surface area contributed by atoms with Gasteiger partial charge in [0.25, 0.3) is 5.95 Å². The molecule has 1 aromatic heterocycles. The van der Waals surface area contributed by atoms with Crippen LogP contribution in [-0.2, 0) is 23.4 Å². The van der Waals surface area contributed by atoms with Crippen LogP contribution < -0.4 is 20.9 Å². The lowest BCUT2D eigenvalue weighted by molar-refractivity contribution is -0.115. The van der Waals surface area contributed by atoms with Crippen LogP contribution in [-0.4, -0.2) is 42.8 Å². The first-order chi connectivity index (χ1) is 15.6. The van der Waals surface area contributed by atoms with E-state index in [9.17, 15) is 14.3 Å². The number of phosphoric ester groups is 1. The topological polar surface area (TPSA) is 179 Å². The highest BCUT2D eigenvalue weighted by Crippen LogP contribution is 2.48. The van der Waals surface area contributed by atoms with Crippen molar-refractivity contribution in [2.24, 2.45) is 10.2 Å². The minimum atomic E-state index is -4.60. The number of ether oxygens (including phenoxy) is 2. The predicted octanol–water partition coefficient (Wildman–Crippen LogP) is 3.21. The van der Waals surface area contributed by atoms with Gasteiger partial charge in [-0.15, -0.1) is 10.2 Å². The number of amides is 1. The molecule has 0 saturated heterocycles. The van der Waals surface area contributed by atoms with E-state index >= 15 is 0 Å². The minimum absolute atomic E-state index is 0.0138. The highest BCUT2D eigenvalue weighted by Gasteiger charge is 2.28. The van der Waals surface area contributed by atoms with E-state index in [0.717, 1.165) is 0 Å². The molecule has 0 saturated carbocycles. The Balaban J connectivity index is 2.13. The molecule has 2 aromatic rings. The Labute approximate surface area is 190 Å². The van der Waals surface area contributed by atoms with Gasteiger partial charge in [-0.05, 0) is 44.8 Å². The van der Waals surface area contributed by atoms with Crippen molar-refractivity contribution >= 4 is 36.7 Å². The molecule has 0 bridgehead atoms. The molecule has 2 unspecified atom stereocenters. The molecule has 2 rings (SSSR count). The normalized spacial score (nSPS) is 13.7. The Morgan fingerprint density at radius 1 is 1.27 bits per heavy atom. The summed E-state index contributed by atoms with van der Waals surface area (Å²) in [5.74, 6) is -0.198. The van der Waals surface area contributed by atoms with Crippen molar-refractivity contribution in [2.45, 2.75) is 13.2 Å². The maximum atomic E-state index is 12.3. The summed E-state index contributed by atoms with van der Waals surface area (Å²) in [5.41, 5.74) is 6.21. The number of carbonyl (C=O) groups is 1. The molecular weight excluding hydrogens is 455 g/mol. The van der Waals surface area contributed by atoms with Crippen LogP contribution in [0.4, 0.5) is 23.0 Å². The van der Waals surface area contributed by atoms with Crippen molar-refractivity contribution in [3.05, 3.63) is 48.9 Å². The van der Waals surface area contributed by atoms with Gasteiger partial charge in [0.1, 0.15) is 17.2 Å². The van der Waals surface area contributed by atoms with Crippen LogP contribution in [0.1, 0.15) is 6.92 Å². The number of pyridine rings is 1. The van der Waals surface area contributed by atoms with Crippen molar-refractivity contribution in [1.82, 2.24) is 10.3 Å². The van der Waals surface area contributed by atoms with Crippen molar-refractivity contribution < 1.29 is 32.8 Å². The zero-order chi connectivity index (χ0) is 24.4. The summed E-state index contributed by atoms with van der Waals surface area (Å²) in [7, 11) is -1.64. The Morgan fingerprint density at radius 3 is 2.64 bits per heavy atom. The number of phosphoric acid groups is 1. The summed E-state index contributed by atoms with van der Waals surface area (Å²) < 4.78 is 32.1. The number of aromatic nitrogens is 1. The standard InChI is InChI=1S/C19H25N6O7P/c1-12(29-4)30-13(2)31-33(27,28)32-16-8-6-5-7-14(16)24-25-15-9-10-17(23-19(15)20)22-18(26)11-21-3/h5-10,13,21H,1,11H2,2-4H3,(H,27,28)(H3,20,22,23,26)/b25-24+. The molecule has 1 heterocycles. The van der Waals surface area contributed by atoms with Crippen molar-refractivity contribution in [1.29, 1.82) is 0 Å². The van der Waals surface area contributed by atoms with Gasteiger partial charge >= 0.3 is 7.82 Å². The molecule has 1 aromatic carbocycles. The second-order valence-electron chi connectivity index (χ2n) is 6.27. The average Bonchev–Trinajstić information content (AvgIpc) is 2.73. The molecule has 5 N–H and O–H groups in total. The summed E-state index contributed by atoms with van der Waals surface area (Å²) in [6.07, 6.45) is -1.18. The van der Waals surface area contributed by atoms with Crippen LogP contribution in [0.25, 0.3) is 0 Å². The molecule has 0 radical (unpaired) electrons. The number of azo groups is 1. The number of carbonyl (C=O) groups excluding carboxylic acids is 1. The van der Waals surface area contributed by atoms with E-state index < -0.39 is 14.1 Å². The van der Waals surface area contributed by atoms with Gasteiger partial charge in [-0.1, -0.05) is 12.1 Å². The number of nitrogen functional groups attached to an aromatic ring is 1. The van der Waals surface area contributed by atoms with Crippen LogP contribution >= 0.6 is 7.82 Å². The number of hydrogen-bond donors (Lipinski definition) is 4. The fraction of sp³-hybridized carbons (Fsp3) is 0.263. The second-order valence-corrected chi connectivity index (χ2v) is 7.60. The SMILES string of the molecule is C=C(OC)OC(C)OP(=O)(O)Oc1ccccc1/N=N/c1ccc(NC(=O)CNC)nc1N. The van der Waals surface area contributed by atoms with E-state index in [1.54, 1.807) is 19.2 Å². The highest BCUT2D eigenvalue weighted by atomic mass is 31.2. The summed E-state index contributed by atoms with van der Waals surface area (Å²) in [5, 5.41) is 13.3. The highest BCUT2D eigenvalue weighted by molar-refractivity contribution is 7.47. The number of nitrogens with two attached hydrogens (primary N) is 1. The van der Waals surface area contributed by atoms with Crippen LogP contribution in [0.3, 0.4) is 0 Å². The van der Waals surface area contributed by atoms with Gasteiger partial charge in [0.15, 0.2) is 11.6 Å². The molecule has 33 heavy (non-hydrogen) atoms. The van der Waals surface area contributed by atoms with Crippen LogP contribution in [0.5, 0.6) is 5.75 Å². The van der Waals surface area contributed by atoms with Gasteiger partial charge < -0.3 is 30.4 Å². The summed E-state index contributed by atoms with van der Waals surface area (Å²) in [4.78, 5) is 25.7. The third-order valence-electron chi connectivity index (χ3n) is 3.66. The van der Waals surface area contributed by atoms with Gasteiger partial charge in [-0.25, -0.2) is 14.1 Å². The number of hydrogen-bond acceptors (Lipinski definition) is 11. The maximum absolute atomic E-state index is 12.3. The van der Waals surface area contributed by atoms with Crippen molar-refractivity contribution in [2.75, 3.05) is 31.8 Å². The van der Waals surface area contributed by atoms with Gasteiger partial charge in [0, 0.05) is 0 Å². The third kappa shape index (κ3) is 8.50. The first kappa shape index (κ1) is 25.7. The lowest BCUT2D eigenvalue weighted by atomic mass is 10.3. The van der Waals surface area contributed by atoms with Crippen LogP contribution in [0, 0.1) is 0 Å². The average molecular weight is 480 g/mol. The Bertz CT molecular complexity index is 1060. The molecule has 0 fully saturated rings. The predicted molar refractivity (Wildman–Crippen MR) is 120 cm³/mol. The zero-order valence-electron chi connectivity index (χ0n) is 18.2. The molecule has 0 aliphatic carbocycles. The Hall–Kier alpha value is -3.51. The van der Waals surface area contributed by atoms with E-state index in [1.165, 1.54) is 38.3 Å². The van der Waals surface area contributed by atoms with Crippen molar-refractivity contribution in [3.63, 3.8) is 0 Å². The lowest BCUT2D eigenvalue weighted by Crippen LogP contribution is -2.25. The first-order valence-corrected chi connectivity index (χ1v) is 10.9. The fourth-order valence-corrected chi connectivity index (χ4v) is 3.15. The molecule has 2 atom stereocenters. The number of anilines is 2. The molecule has 0 spiro atoms. The van der Waals surface area contributed by atoms with Crippen LogP contribution in [0.2, 0.25) is 0 Å². The van der Waals surface area contributed by atoms with E-state index in [1.807, 2.05) is 0 Å². The van der Waals surface area contributed by atoms with Gasteiger partial charge in [0.05, 0.1) is 13.7 Å². The summed E-state index contributed by atoms with van der Waals surface area (Å²) >= 11 is 0. The molecule has 13 nitrogen and oxygen atoms in total. The Morgan fingerprint density at radius 2 is 1.97 bits per heavy atom. The second kappa shape index (κ2) is 11.9. The van der Waals surface area contributed by atoms with E-state index in [-0.39, 0.29) is 47.2 Å². The van der Waals surface area contributed by atoms with Crippen LogP contribution in [0.15, 0.2) is 59.2 Å². The quantitative estimate of drug-likeness (QED) is 0.152. The van der Waals surface area contributed by atoms with Gasteiger partial charge in [0.2, 0.25) is 12.2 Å². The summed E-state index contributed by atoms with van der Waals surface area (Å²) in [6, 6.07) is 9.11. The monoisotopic (exact) mass is 480 g/mol. The fourth-order valence-electron chi connectivity index (χ4n) is 2.28. The third-order valence-corrected chi connectivity index (χ3v) is 4.65. The van der Waals surface area contributed by atoms with Gasteiger partial charge in [-0.3, -0.25) is 9.69 Å². The number of para-hydroxylation sites is 1. The largest absolute Gasteiger partial charge is 0.530 e. The molecule has 0 aliphatic heterocycles. The Kier molecular flexibility index (Phi) is 9.30. The number of methoxy groups -OCH3 is 1. The maximum Gasteiger partial charge on any atom is 0.530 e. The first-order valence-electron chi connectivity index (χ1n) is 9.45. The number of likely N-dealkylation sites (N-methyl/N-ethyl adjacent to an activating group) is 1. The number of nitrogens with zero attached hydrogens (tertiary/aromatic N) is 3. The van der Waals surface area contributed by atoms with Gasteiger partial charge in [-0.2, -0.15) is 0 Å². The van der Waals surface area contributed by atoms with E-state index in [4.69, 9.17) is 24.3 Å². The number of nitrogens with one attached hydrogen (secondary N) is 2. The zero-order valence-corrected chi connectivity index (χ0v) is 19.1. The molecule has 14 heteroatoms. The van der Waals surface area contributed by atoms with E-state index in [2.05, 4.69) is 32.4 Å². The molecule has 0 aliphatic rings. The lowest BCUT2D eigenvalue weighted by Gasteiger charge is -2.19. The number of rotatable bonds is 12. The van der Waals surface area contributed by atoms with E-state index in [0.29, 0.717) is 0 Å². The molecular formula is C19H25N6O7P.